The minimum absolute atomic E-state index is 0.200. The summed E-state index contributed by atoms with van der Waals surface area (Å²) in [5.74, 6) is 0.640. The zero-order valence-electron chi connectivity index (χ0n) is 14.4. The van der Waals surface area contributed by atoms with Crippen LogP contribution < -0.4 is 0 Å². The fourth-order valence-corrected chi connectivity index (χ4v) is 4.17. The van der Waals surface area contributed by atoms with Crippen LogP contribution in [0.3, 0.4) is 0 Å². The molecule has 0 aliphatic heterocycles. The fourth-order valence-electron chi connectivity index (χ4n) is 3.27. The van der Waals surface area contributed by atoms with Crippen LogP contribution in [0.25, 0.3) is 5.69 Å². The maximum Gasteiger partial charge on any atom is 0.233 e. The highest BCUT2D eigenvalue weighted by Crippen LogP contribution is 2.24. The fraction of sp³-hybridized carbons (Fsp3) is 0.474. The van der Waals surface area contributed by atoms with Gasteiger partial charge in [0.15, 0.2) is 5.16 Å². The number of carbonyl (C=O) groups excluding carboxylic acids is 1. The van der Waals surface area contributed by atoms with Gasteiger partial charge in [-0.1, -0.05) is 43.2 Å². The van der Waals surface area contributed by atoms with Gasteiger partial charge in [-0.25, -0.2) is 4.98 Å². The summed E-state index contributed by atoms with van der Waals surface area (Å²) in [6.07, 6.45) is 9.82. The summed E-state index contributed by atoms with van der Waals surface area (Å²) in [5.41, 5.74) is 2.30. The van der Waals surface area contributed by atoms with E-state index in [9.17, 15) is 4.79 Å². The average molecular weight is 343 g/mol. The Balaban J connectivity index is 1.63. The van der Waals surface area contributed by atoms with Crippen molar-refractivity contribution in [3.05, 3.63) is 42.2 Å². The summed E-state index contributed by atoms with van der Waals surface area (Å²) >= 11 is 1.52. The summed E-state index contributed by atoms with van der Waals surface area (Å²) in [5, 5.41) is 0.867. The van der Waals surface area contributed by atoms with Gasteiger partial charge in [-0.15, -0.1) is 0 Å². The van der Waals surface area contributed by atoms with Gasteiger partial charge in [0.1, 0.15) is 0 Å². The number of nitrogens with zero attached hydrogens (tertiary/aromatic N) is 3. The second-order valence-corrected chi connectivity index (χ2v) is 7.45. The van der Waals surface area contributed by atoms with E-state index in [1.807, 2.05) is 28.8 Å². The Kier molecular flexibility index (Phi) is 5.61. The molecule has 1 heterocycles. The lowest BCUT2D eigenvalue weighted by Gasteiger charge is -2.31. The van der Waals surface area contributed by atoms with E-state index in [1.54, 1.807) is 6.20 Å². The van der Waals surface area contributed by atoms with Crippen molar-refractivity contribution in [3.8, 4) is 5.69 Å². The predicted octanol–water partition coefficient (Wildman–Crippen LogP) is 4.06. The second kappa shape index (κ2) is 7.88. The molecule has 0 bridgehead atoms. The summed E-state index contributed by atoms with van der Waals surface area (Å²) in [6, 6.07) is 8.73. The lowest BCUT2D eigenvalue weighted by atomic mass is 9.94. The van der Waals surface area contributed by atoms with E-state index in [2.05, 4.69) is 30.1 Å². The highest BCUT2D eigenvalue weighted by Gasteiger charge is 2.22. The van der Waals surface area contributed by atoms with Crippen LogP contribution in [0.4, 0.5) is 0 Å². The van der Waals surface area contributed by atoms with Gasteiger partial charge in [-0.3, -0.25) is 9.36 Å². The van der Waals surface area contributed by atoms with Crippen LogP contribution in [0.5, 0.6) is 0 Å². The minimum atomic E-state index is 0.200. The van der Waals surface area contributed by atoms with Crippen molar-refractivity contribution < 1.29 is 4.79 Å². The van der Waals surface area contributed by atoms with E-state index in [4.69, 9.17) is 0 Å². The van der Waals surface area contributed by atoms with E-state index < -0.39 is 0 Å². The SMILES string of the molecule is Cc1cccc(-n2ccnc2SCC(=O)N(C)C2CCCCC2)c1. The number of hydrogen-bond donors (Lipinski definition) is 0. The third kappa shape index (κ3) is 4.01. The molecule has 1 saturated carbocycles. The normalized spacial score (nSPS) is 15.4. The van der Waals surface area contributed by atoms with E-state index >= 15 is 0 Å². The molecule has 0 radical (unpaired) electrons. The standard InChI is InChI=1S/C19H25N3OS/c1-15-7-6-10-17(13-15)22-12-11-20-19(22)24-14-18(23)21(2)16-8-4-3-5-9-16/h6-7,10-13,16H,3-5,8-9,14H2,1-2H3. The van der Waals surface area contributed by atoms with Gasteiger partial charge < -0.3 is 4.90 Å². The lowest BCUT2D eigenvalue weighted by molar-refractivity contribution is -0.129. The molecule has 0 N–H and O–H groups in total. The van der Waals surface area contributed by atoms with Gasteiger partial charge in [0.25, 0.3) is 0 Å². The van der Waals surface area contributed by atoms with Crippen LogP contribution in [0.2, 0.25) is 0 Å². The van der Waals surface area contributed by atoms with E-state index in [0.29, 0.717) is 11.8 Å². The molecule has 0 saturated heterocycles. The molecule has 1 aliphatic rings. The number of rotatable bonds is 5. The van der Waals surface area contributed by atoms with Crippen LogP contribution in [-0.4, -0.2) is 39.2 Å². The minimum Gasteiger partial charge on any atom is -0.342 e. The van der Waals surface area contributed by atoms with Gasteiger partial charge in [0, 0.05) is 31.2 Å². The summed E-state index contributed by atoms with van der Waals surface area (Å²) in [4.78, 5) is 18.9. The van der Waals surface area contributed by atoms with Crippen LogP contribution in [0, 0.1) is 6.92 Å². The molecule has 1 aromatic carbocycles. The topological polar surface area (TPSA) is 38.1 Å². The number of amides is 1. The lowest BCUT2D eigenvalue weighted by Crippen LogP contribution is -2.39. The number of imidazole rings is 1. The van der Waals surface area contributed by atoms with E-state index in [-0.39, 0.29) is 5.91 Å². The molecular formula is C19H25N3OS. The van der Waals surface area contributed by atoms with Crippen LogP contribution in [0.1, 0.15) is 37.7 Å². The average Bonchev–Trinajstić information content (AvgIpc) is 3.08. The quantitative estimate of drug-likeness (QED) is 0.768. The number of thioether (sulfide) groups is 1. The van der Waals surface area contributed by atoms with Crippen molar-refractivity contribution in [3.63, 3.8) is 0 Å². The van der Waals surface area contributed by atoms with Crippen molar-refractivity contribution in [1.29, 1.82) is 0 Å². The second-order valence-electron chi connectivity index (χ2n) is 6.50. The van der Waals surface area contributed by atoms with Gasteiger partial charge in [-0.05, 0) is 37.5 Å². The van der Waals surface area contributed by atoms with Gasteiger partial charge in [-0.2, -0.15) is 0 Å². The van der Waals surface area contributed by atoms with Crippen molar-refractivity contribution in [2.45, 2.75) is 50.2 Å². The van der Waals surface area contributed by atoms with Crippen LogP contribution in [0.15, 0.2) is 41.8 Å². The molecule has 0 spiro atoms. The first-order valence-corrected chi connectivity index (χ1v) is 9.62. The van der Waals surface area contributed by atoms with Crippen molar-refractivity contribution in [2.75, 3.05) is 12.8 Å². The molecule has 1 fully saturated rings. The van der Waals surface area contributed by atoms with Gasteiger partial charge >= 0.3 is 0 Å². The molecular weight excluding hydrogens is 318 g/mol. The molecule has 0 unspecified atom stereocenters. The largest absolute Gasteiger partial charge is 0.342 e. The smallest absolute Gasteiger partial charge is 0.233 e. The maximum atomic E-state index is 12.5. The summed E-state index contributed by atoms with van der Waals surface area (Å²) < 4.78 is 2.05. The molecule has 24 heavy (non-hydrogen) atoms. The maximum absolute atomic E-state index is 12.5. The first-order chi connectivity index (χ1) is 11.6. The number of carbonyl (C=O) groups is 1. The van der Waals surface area contributed by atoms with Crippen molar-refractivity contribution >= 4 is 17.7 Å². The van der Waals surface area contributed by atoms with Gasteiger partial charge in [0.2, 0.25) is 5.91 Å². The predicted molar refractivity (Wildman–Crippen MR) is 98.7 cm³/mol. The third-order valence-corrected chi connectivity index (χ3v) is 5.68. The Bertz CT molecular complexity index is 691. The Morgan fingerprint density at radius 3 is 2.88 bits per heavy atom. The molecule has 3 rings (SSSR count). The monoisotopic (exact) mass is 343 g/mol. The number of hydrogen-bond acceptors (Lipinski definition) is 3. The highest BCUT2D eigenvalue weighted by atomic mass is 32.2. The Hall–Kier alpha value is -1.75. The Morgan fingerprint density at radius 2 is 2.12 bits per heavy atom. The third-order valence-electron chi connectivity index (χ3n) is 4.73. The molecule has 4 nitrogen and oxygen atoms in total. The first-order valence-electron chi connectivity index (χ1n) is 8.64. The zero-order valence-corrected chi connectivity index (χ0v) is 15.3. The van der Waals surface area contributed by atoms with Crippen LogP contribution in [-0.2, 0) is 4.79 Å². The Morgan fingerprint density at radius 1 is 1.33 bits per heavy atom. The summed E-state index contributed by atoms with van der Waals surface area (Å²) in [6.45, 7) is 2.08. The van der Waals surface area contributed by atoms with Crippen LogP contribution >= 0.6 is 11.8 Å². The van der Waals surface area contributed by atoms with Gasteiger partial charge in [0.05, 0.1) is 5.75 Å². The van der Waals surface area contributed by atoms with Crippen molar-refractivity contribution in [2.24, 2.45) is 0 Å². The molecule has 1 amide bonds. The molecule has 5 heteroatoms. The number of aryl methyl sites for hydroxylation is 1. The number of benzene rings is 1. The molecule has 1 aliphatic carbocycles. The first kappa shape index (κ1) is 17.1. The molecule has 0 atom stereocenters. The van der Waals surface area contributed by atoms with E-state index in [0.717, 1.165) is 23.7 Å². The van der Waals surface area contributed by atoms with Crippen molar-refractivity contribution in [1.82, 2.24) is 14.5 Å². The zero-order chi connectivity index (χ0) is 16.9. The van der Waals surface area contributed by atoms with E-state index in [1.165, 1.54) is 36.6 Å². The summed E-state index contributed by atoms with van der Waals surface area (Å²) in [7, 11) is 1.95. The molecule has 1 aromatic heterocycles. The molecule has 128 valence electrons. The molecule has 2 aromatic rings. The number of aromatic nitrogens is 2. The highest BCUT2D eigenvalue weighted by molar-refractivity contribution is 7.99. The Labute approximate surface area is 148 Å².